The molecule has 1 aromatic heterocycles. The number of unbranched alkanes of at least 4 members (excludes halogenated alkanes) is 3. The summed E-state index contributed by atoms with van der Waals surface area (Å²) in [6, 6.07) is 6.49. The first kappa shape index (κ1) is 13.7. The van der Waals surface area contributed by atoms with E-state index in [9.17, 15) is 0 Å². The van der Waals surface area contributed by atoms with Crippen molar-refractivity contribution in [3.05, 3.63) is 18.2 Å². The average molecular weight is 261 g/mol. The van der Waals surface area contributed by atoms with Crippen LogP contribution in [0.3, 0.4) is 0 Å². The van der Waals surface area contributed by atoms with Gasteiger partial charge in [-0.05, 0) is 25.5 Å². The van der Waals surface area contributed by atoms with Crippen LogP contribution in [0.1, 0.15) is 46.0 Å². The van der Waals surface area contributed by atoms with Crippen molar-refractivity contribution in [3.8, 4) is 0 Å². The quantitative estimate of drug-likeness (QED) is 0.579. The molecule has 3 N–H and O–H groups in total. The van der Waals surface area contributed by atoms with Crippen LogP contribution < -0.4 is 11.1 Å². The molecule has 2 rings (SSSR count). The first-order chi connectivity index (χ1) is 9.19. The highest BCUT2D eigenvalue weighted by Crippen LogP contribution is 2.22. The van der Waals surface area contributed by atoms with Crippen LogP contribution in [0.15, 0.2) is 22.6 Å². The Morgan fingerprint density at radius 3 is 2.95 bits per heavy atom. The molecule has 1 unspecified atom stereocenters. The third-order valence-electron chi connectivity index (χ3n) is 3.27. The molecule has 2 aromatic rings. The fourth-order valence-corrected chi connectivity index (χ4v) is 2.16. The van der Waals surface area contributed by atoms with Crippen molar-refractivity contribution >= 4 is 22.8 Å². The molecule has 1 heterocycles. The summed E-state index contributed by atoms with van der Waals surface area (Å²) in [6.07, 6.45) is 6.27. The monoisotopic (exact) mass is 261 g/mol. The molecule has 0 bridgehead atoms. The number of nitrogens with one attached hydrogen (secondary N) is 1. The van der Waals surface area contributed by atoms with Gasteiger partial charge in [0.15, 0.2) is 5.58 Å². The lowest BCUT2D eigenvalue weighted by molar-refractivity contribution is 0.561. The van der Waals surface area contributed by atoms with Crippen LogP contribution in [-0.2, 0) is 0 Å². The zero-order valence-electron chi connectivity index (χ0n) is 11.8. The van der Waals surface area contributed by atoms with Crippen LogP contribution in [0.25, 0.3) is 11.1 Å². The van der Waals surface area contributed by atoms with Crippen LogP contribution in [0.4, 0.5) is 11.7 Å². The number of nitrogens with two attached hydrogens (primary N) is 1. The van der Waals surface area contributed by atoms with Gasteiger partial charge in [-0.15, -0.1) is 0 Å². The van der Waals surface area contributed by atoms with E-state index in [1.165, 1.54) is 25.7 Å². The van der Waals surface area contributed by atoms with Gasteiger partial charge in [-0.3, -0.25) is 0 Å². The zero-order chi connectivity index (χ0) is 13.7. The first-order valence-corrected chi connectivity index (χ1v) is 7.11. The molecule has 0 radical (unpaired) electrons. The van der Waals surface area contributed by atoms with Crippen molar-refractivity contribution in [3.63, 3.8) is 0 Å². The van der Waals surface area contributed by atoms with Gasteiger partial charge in [-0.2, -0.15) is 4.98 Å². The molecule has 104 valence electrons. The molecule has 4 nitrogen and oxygen atoms in total. The van der Waals surface area contributed by atoms with Gasteiger partial charge < -0.3 is 15.5 Å². The molecule has 0 fully saturated rings. The largest absolute Gasteiger partial charge is 0.423 e. The van der Waals surface area contributed by atoms with E-state index in [1.54, 1.807) is 6.07 Å². The summed E-state index contributed by atoms with van der Waals surface area (Å²) >= 11 is 0. The number of nitrogens with zero attached hydrogens (tertiary/aromatic N) is 1. The van der Waals surface area contributed by atoms with Gasteiger partial charge in [0, 0.05) is 17.8 Å². The van der Waals surface area contributed by atoms with Gasteiger partial charge in [0.2, 0.25) is 0 Å². The van der Waals surface area contributed by atoms with Crippen molar-refractivity contribution < 1.29 is 4.42 Å². The maximum Gasteiger partial charge on any atom is 0.295 e. The topological polar surface area (TPSA) is 64.1 Å². The van der Waals surface area contributed by atoms with Gasteiger partial charge in [0.25, 0.3) is 6.01 Å². The van der Waals surface area contributed by atoms with E-state index in [0.717, 1.165) is 17.5 Å². The SMILES string of the molecule is CCCCCCC(C)Nc1nc2ccc(N)cc2o1. The lowest BCUT2D eigenvalue weighted by atomic mass is 10.1. The van der Waals surface area contributed by atoms with E-state index in [4.69, 9.17) is 10.2 Å². The number of benzene rings is 1. The highest BCUT2D eigenvalue weighted by Gasteiger charge is 2.08. The Kier molecular flexibility index (Phi) is 4.66. The molecule has 19 heavy (non-hydrogen) atoms. The minimum Gasteiger partial charge on any atom is -0.423 e. The summed E-state index contributed by atoms with van der Waals surface area (Å²) in [4.78, 5) is 4.40. The summed E-state index contributed by atoms with van der Waals surface area (Å²) in [5, 5.41) is 3.31. The highest BCUT2D eigenvalue weighted by molar-refractivity contribution is 5.78. The number of fused-ring (bicyclic) bond motifs is 1. The number of nitrogen functional groups attached to an aromatic ring is 1. The fraction of sp³-hybridized carbons (Fsp3) is 0.533. The van der Waals surface area contributed by atoms with Gasteiger partial charge in [-0.25, -0.2) is 0 Å². The smallest absolute Gasteiger partial charge is 0.295 e. The number of aromatic nitrogens is 1. The van der Waals surface area contributed by atoms with Crippen LogP contribution in [-0.4, -0.2) is 11.0 Å². The molecule has 1 atom stereocenters. The molecular weight excluding hydrogens is 238 g/mol. The normalized spacial score (nSPS) is 12.7. The Morgan fingerprint density at radius 1 is 1.32 bits per heavy atom. The summed E-state index contributed by atoms with van der Waals surface area (Å²) in [5.74, 6) is 0. The molecule has 0 saturated carbocycles. The third kappa shape index (κ3) is 3.88. The van der Waals surface area contributed by atoms with E-state index < -0.39 is 0 Å². The van der Waals surface area contributed by atoms with E-state index in [2.05, 4.69) is 24.1 Å². The van der Waals surface area contributed by atoms with Crippen LogP contribution in [0, 0.1) is 0 Å². The van der Waals surface area contributed by atoms with Crippen molar-refractivity contribution in [2.24, 2.45) is 0 Å². The maximum absolute atomic E-state index is 5.72. The Labute approximate surface area is 114 Å². The number of oxazole rings is 1. The van der Waals surface area contributed by atoms with Gasteiger partial charge in [0.05, 0.1) is 0 Å². The number of hydrogen-bond acceptors (Lipinski definition) is 4. The van der Waals surface area contributed by atoms with Crippen molar-refractivity contribution in [1.82, 2.24) is 4.98 Å². The van der Waals surface area contributed by atoms with E-state index in [1.807, 2.05) is 12.1 Å². The summed E-state index contributed by atoms with van der Waals surface area (Å²) in [6.45, 7) is 4.39. The minimum absolute atomic E-state index is 0.377. The molecular formula is C15H23N3O. The van der Waals surface area contributed by atoms with Crippen LogP contribution >= 0.6 is 0 Å². The molecule has 0 aliphatic heterocycles. The lowest BCUT2D eigenvalue weighted by Crippen LogP contribution is -2.14. The Balaban J connectivity index is 1.89. The Hall–Kier alpha value is -1.71. The number of hydrogen-bond donors (Lipinski definition) is 2. The number of rotatable bonds is 7. The molecule has 4 heteroatoms. The molecule has 1 aromatic carbocycles. The molecule has 0 aliphatic carbocycles. The lowest BCUT2D eigenvalue weighted by Gasteiger charge is -2.11. The van der Waals surface area contributed by atoms with Gasteiger partial charge >= 0.3 is 0 Å². The Bertz CT molecular complexity index is 521. The van der Waals surface area contributed by atoms with Gasteiger partial charge in [0.1, 0.15) is 5.52 Å². The standard InChI is InChI=1S/C15H23N3O/c1-3-4-5-6-7-11(2)17-15-18-13-9-8-12(16)10-14(13)19-15/h8-11H,3-7,16H2,1-2H3,(H,17,18). The zero-order valence-corrected chi connectivity index (χ0v) is 11.8. The van der Waals surface area contributed by atoms with Crippen molar-refractivity contribution in [1.29, 1.82) is 0 Å². The second-order valence-corrected chi connectivity index (χ2v) is 5.14. The Morgan fingerprint density at radius 2 is 2.16 bits per heavy atom. The highest BCUT2D eigenvalue weighted by atomic mass is 16.4. The minimum atomic E-state index is 0.377. The maximum atomic E-state index is 5.72. The van der Waals surface area contributed by atoms with E-state index >= 15 is 0 Å². The van der Waals surface area contributed by atoms with Crippen molar-refractivity contribution in [2.75, 3.05) is 11.1 Å². The second-order valence-electron chi connectivity index (χ2n) is 5.14. The summed E-state index contributed by atoms with van der Waals surface area (Å²) in [7, 11) is 0. The van der Waals surface area contributed by atoms with Crippen molar-refractivity contribution in [2.45, 2.75) is 52.0 Å². The summed E-state index contributed by atoms with van der Waals surface area (Å²) < 4.78 is 5.64. The van der Waals surface area contributed by atoms with Gasteiger partial charge in [-0.1, -0.05) is 32.6 Å². The van der Waals surface area contributed by atoms with E-state index in [-0.39, 0.29) is 0 Å². The number of anilines is 2. The van der Waals surface area contributed by atoms with Crippen LogP contribution in [0.2, 0.25) is 0 Å². The fourth-order valence-electron chi connectivity index (χ4n) is 2.16. The molecule has 0 amide bonds. The molecule has 0 saturated heterocycles. The third-order valence-corrected chi connectivity index (χ3v) is 3.27. The predicted octanol–water partition coefficient (Wildman–Crippen LogP) is 4.18. The first-order valence-electron chi connectivity index (χ1n) is 7.11. The summed E-state index contributed by atoms with van der Waals surface area (Å²) in [5.41, 5.74) is 8.00. The molecule has 0 spiro atoms. The second kappa shape index (κ2) is 6.45. The predicted molar refractivity (Wildman–Crippen MR) is 80.3 cm³/mol. The van der Waals surface area contributed by atoms with E-state index in [0.29, 0.717) is 17.7 Å². The molecule has 0 aliphatic rings. The average Bonchev–Trinajstić information content (AvgIpc) is 2.76. The van der Waals surface area contributed by atoms with Crippen LogP contribution in [0.5, 0.6) is 0 Å².